The minimum atomic E-state index is -1.33. The van der Waals surface area contributed by atoms with E-state index in [1.54, 1.807) is 20.8 Å². The van der Waals surface area contributed by atoms with Gasteiger partial charge in [0.05, 0.1) is 0 Å². The topological polar surface area (TPSA) is 106 Å². The quantitative estimate of drug-likeness (QED) is 0.488. The third-order valence-corrected chi connectivity index (χ3v) is 5.36. The molecule has 192 valence electrons. The largest absolute Gasteiger partial charge is 0.444 e. The summed E-state index contributed by atoms with van der Waals surface area (Å²) in [6.45, 7) is 8.74. The number of halogens is 3. The molecule has 1 aliphatic carbocycles. The van der Waals surface area contributed by atoms with Gasteiger partial charge in [-0.3, -0.25) is 4.79 Å². The summed E-state index contributed by atoms with van der Waals surface area (Å²) in [5.41, 5.74) is -1.01. The van der Waals surface area contributed by atoms with Crippen LogP contribution in [0.5, 0.6) is 0 Å². The van der Waals surface area contributed by atoms with Gasteiger partial charge < -0.3 is 19.9 Å². The molecule has 1 saturated carbocycles. The lowest BCUT2D eigenvalue weighted by molar-refractivity contribution is -0.122. The SMILES string of the molecule is CC(C)C(NC(=O)C[C@@H](Cc1cc(F)c(F)cc1F)NC(=O)OC(C)(C)C)c1nc(C2CC2)no1. The fourth-order valence-corrected chi connectivity index (χ4v) is 3.48. The molecule has 0 spiro atoms. The first-order valence-corrected chi connectivity index (χ1v) is 11.6. The van der Waals surface area contributed by atoms with Gasteiger partial charge in [-0.2, -0.15) is 4.98 Å². The van der Waals surface area contributed by atoms with Crippen molar-refractivity contribution in [3.05, 3.63) is 46.9 Å². The highest BCUT2D eigenvalue weighted by molar-refractivity contribution is 5.78. The highest BCUT2D eigenvalue weighted by atomic mass is 19.2. The molecule has 1 unspecified atom stereocenters. The van der Waals surface area contributed by atoms with E-state index >= 15 is 0 Å². The molecule has 1 aromatic heterocycles. The van der Waals surface area contributed by atoms with Crippen molar-refractivity contribution >= 4 is 12.0 Å². The van der Waals surface area contributed by atoms with Crippen molar-refractivity contribution < 1.29 is 32.0 Å². The van der Waals surface area contributed by atoms with Crippen molar-refractivity contribution in [3.8, 4) is 0 Å². The number of benzene rings is 1. The highest BCUT2D eigenvalue weighted by Gasteiger charge is 2.32. The molecule has 11 heteroatoms. The summed E-state index contributed by atoms with van der Waals surface area (Å²) < 4.78 is 51.9. The second-order valence-corrected chi connectivity index (χ2v) is 10.2. The maximum atomic E-state index is 14.3. The molecule has 2 atom stereocenters. The van der Waals surface area contributed by atoms with Crippen LogP contribution in [0.2, 0.25) is 0 Å². The number of amides is 2. The predicted octanol–water partition coefficient (Wildman–Crippen LogP) is 4.70. The number of hydrogen-bond acceptors (Lipinski definition) is 6. The minimum absolute atomic E-state index is 0.0904. The standard InChI is InChI=1S/C24H31F3N4O4/c1-12(2)20(22-30-21(31-35-22)13-6-7-13)29-19(32)10-15(28-23(33)34-24(3,4)5)8-14-9-17(26)18(27)11-16(14)25/h9,11-13,15,20H,6-8,10H2,1-5H3,(H,28,33)(H,29,32)/t15-,20?/m1/s1. The van der Waals surface area contributed by atoms with Gasteiger partial charge in [0.1, 0.15) is 17.5 Å². The number of hydrogen-bond donors (Lipinski definition) is 2. The van der Waals surface area contributed by atoms with E-state index in [0.717, 1.165) is 12.8 Å². The maximum Gasteiger partial charge on any atom is 0.407 e. The van der Waals surface area contributed by atoms with Crippen LogP contribution in [0.3, 0.4) is 0 Å². The lowest BCUT2D eigenvalue weighted by Crippen LogP contribution is -2.44. The van der Waals surface area contributed by atoms with Gasteiger partial charge >= 0.3 is 6.09 Å². The van der Waals surface area contributed by atoms with Gasteiger partial charge in [-0.05, 0) is 57.6 Å². The molecule has 3 rings (SSSR count). The van der Waals surface area contributed by atoms with E-state index in [1.807, 2.05) is 13.8 Å². The molecule has 0 aliphatic heterocycles. The lowest BCUT2D eigenvalue weighted by Gasteiger charge is -2.25. The van der Waals surface area contributed by atoms with Crippen LogP contribution in [0, 0.1) is 23.4 Å². The summed E-state index contributed by atoms with van der Waals surface area (Å²) in [6, 6.07) is -0.413. The Morgan fingerprint density at radius 1 is 1.11 bits per heavy atom. The molecule has 2 amide bonds. The molecule has 0 radical (unpaired) electrons. The Labute approximate surface area is 202 Å². The maximum absolute atomic E-state index is 14.3. The summed E-state index contributed by atoms with van der Waals surface area (Å²) in [5.74, 6) is -2.96. The van der Waals surface area contributed by atoms with Crippen LogP contribution in [0.15, 0.2) is 16.7 Å². The van der Waals surface area contributed by atoms with Crippen LogP contribution < -0.4 is 10.6 Å². The van der Waals surface area contributed by atoms with Crippen LogP contribution in [0.4, 0.5) is 18.0 Å². The van der Waals surface area contributed by atoms with Crippen molar-refractivity contribution in [1.82, 2.24) is 20.8 Å². The molecule has 1 aromatic carbocycles. The second-order valence-electron chi connectivity index (χ2n) is 10.2. The normalized spacial score (nSPS) is 15.6. The molecule has 0 bridgehead atoms. The molecule has 2 aromatic rings. The Kier molecular flexibility index (Phi) is 8.07. The van der Waals surface area contributed by atoms with Gasteiger partial charge in [0.15, 0.2) is 17.5 Å². The Balaban J connectivity index is 1.74. The van der Waals surface area contributed by atoms with Gasteiger partial charge in [-0.15, -0.1) is 0 Å². The third kappa shape index (κ3) is 7.69. The monoisotopic (exact) mass is 496 g/mol. The Morgan fingerprint density at radius 2 is 1.77 bits per heavy atom. The van der Waals surface area contributed by atoms with E-state index in [1.165, 1.54) is 0 Å². The summed E-state index contributed by atoms with van der Waals surface area (Å²) in [6.07, 6.45) is 0.607. The zero-order valence-corrected chi connectivity index (χ0v) is 20.5. The van der Waals surface area contributed by atoms with Crippen molar-refractivity contribution in [2.45, 2.75) is 83.9 Å². The van der Waals surface area contributed by atoms with Gasteiger partial charge in [-0.1, -0.05) is 19.0 Å². The van der Waals surface area contributed by atoms with Crippen LogP contribution >= 0.6 is 0 Å². The zero-order chi connectivity index (χ0) is 25.9. The lowest BCUT2D eigenvalue weighted by atomic mass is 10.0. The number of ether oxygens (including phenoxy) is 1. The summed E-state index contributed by atoms with van der Waals surface area (Å²) in [7, 11) is 0. The summed E-state index contributed by atoms with van der Waals surface area (Å²) in [4.78, 5) is 29.7. The van der Waals surface area contributed by atoms with Crippen LogP contribution in [-0.2, 0) is 16.0 Å². The van der Waals surface area contributed by atoms with Crippen molar-refractivity contribution in [3.63, 3.8) is 0 Å². The molecule has 35 heavy (non-hydrogen) atoms. The van der Waals surface area contributed by atoms with Gasteiger partial charge in [0.2, 0.25) is 11.8 Å². The number of carbonyl (C=O) groups is 2. The molecule has 0 saturated heterocycles. The first-order valence-electron chi connectivity index (χ1n) is 11.6. The molecule has 8 nitrogen and oxygen atoms in total. The number of nitrogens with zero attached hydrogens (tertiary/aromatic N) is 2. The van der Waals surface area contributed by atoms with E-state index in [-0.39, 0.29) is 36.1 Å². The van der Waals surface area contributed by atoms with Crippen molar-refractivity contribution in [2.24, 2.45) is 5.92 Å². The summed E-state index contributed by atoms with van der Waals surface area (Å²) >= 11 is 0. The van der Waals surface area contributed by atoms with E-state index in [0.29, 0.717) is 18.0 Å². The fourth-order valence-electron chi connectivity index (χ4n) is 3.48. The number of rotatable bonds is 9. The Hall–Kier alpha value is -3.11. The molecule has 2 N–H and O–H groups in total. The smallest absolute Gasteiger partial charge is 0.407 e. The van der Waals surface area contributed by atoms with Gasteiger partial charge in [0.25, 0.3) is 0 Å². The average Bonchev–Trinajstić information content (AvgIpc) is 3.45. The van der Waals surface area contributed by atoms with Crippen LogP contribution in [0.25, 0.3) is 0 Å². The van der Waals surface area contributed by atoms with E-state index in [4.69, 9.17) is 9.26 Å². The molecule has 1 fully saturated rings. The zero-order valence-electron chi connectivity index (χ0n) is 20.5. The predicted molar refractivity (Wildman–Crippen MR) is 120 cm³/mol. The van der Waals surface area contributed by atoms with Gasteiger partial charge in [-0.25, -0.2) is 18.0 Å². The third-order valence-electron chi connectivity index (χ3n) is 5.36. The Bertz CT molecular complexity index is 1060. The Morgan fingerprint density at radius 3 is 2.37 bits per heavy atom. The average molecular weight is 497 g/mol. The molecule has 1 heterocycles. The minimum Gasteiger partial charge on any atom is -0.444 e. The number of nitrogens with one attached hydrogen (secondary N) is 2. The number of alkyl carbamates (subject to hydrolysis) is 1. The highest BCUT2D eigenvalue weighted by Crippen LogP contribution is 2.38. The first-order chi connectivity index (χ1) is 16.3. The first kappa shape index (κ1) is 26.5. The van der Waals surface area contributed by atoms with Crippen LogP contribution in [-0.4, -0.2) is 33.8 Å². The molecular weight excluding hydrogens is 465 g/mol. The van der Waals surface area contributed by atoms with Crippen molar-refractivity contribution in [2.75, 3.05) is 0 Å². The van der Waals surface area contributed by atoms with E-state index in [9.17, 15) is 22.8 Å². The fraction of sp³-hybridized carbons (Fsp3) is 0.583. The van der Waals surface area contributed by atoms with E-state index < -0.39 is 47.1 Å². The van der Waals surface area contributed by atoms with Gasteiger partial charge in [0, 0.05) is 24.4 Å². The van der Waals surface area contributed by atoms with Crippen molar-refractivity contribution in [1.29, 1.82) is 0 Å². The summed E-state index contributed by atoms with van der Waals surface area (Å²) in [5, 5.41) is 9.34. The second kappa shape index (κ2) is 10.7. The van der Waals surface area contributed by atoms with E-state index in [2.05, 4.69) is 20.8 Å². The molecule has 1 aliphatic rings. The molecular formula is C24H31F3N4O4. The number of aromatic nitrogens is 2. The van der Waals surface area contributed by atoms with Crippen LogP contribution in [0.1, 0.15) is 83.1 Å². The number of carbonyl (C=O) groups excluding carboxylic acids is 2.